The van der Waals surface area contributed by atoms with E-state index in [1.54, 1.807) is 4.90 Å². The van der Waals surface area contributed by atoms with Gasteiger partial charge in [0, 0.05) is 19.5 Å². The van der Waals surface area contributed by atoms with Crippen LogP contribution in [0.3, 0.4) is 0 Å². The number of benzene rings is 1. The van der Waals surface area contributed by atoms with E-state index in [4.69, 9.17) is 0 Å². The molecule has 0 spiro atoms. The van der Waals surface area contributed by atoms with Crippen molar-refractivity contribution in [3.63, 3.8) is 0 Å². The second-order valence-corrected chi connectivity index (χ2v) is 8.91. The molecule has 1 aromatic rings. The molecule has 1 saturated heterocycles. The van der Waals surface area contributed by atoms with E-state index < -0.39 is 15.3 Å². The number of nitrogens with one attached hydrogen (secondary N) is 1. The number of likely N-dealkylation sites (tertiary alicyclic amines) is 1. The number of nitrogens with zero attached hydrogens (tertiary/aromatic N) is 1. The van der Waals surface area contributed by atoms with Crippen molar-refractivity contribution in [3.05, 3.63) is 35.9 Å². The first-order valence-electron chi connectivity index (χ1n) is 8.02. The van der Waals surface area contributed by atoms with Crippen molar-refractivity contribution in [1.29, 1.82) is 0 Å². The van der Waals surface area contributed by atoms with E-state index in [1.165, 1.54) is 12.6 Å². The molecule has 0 bridgehead atoms. The highest BCUT2D eigenvalue weighted by Gasteiger charge is 2.34. The van der Waals surface area contributed by atoms with Crippen molar-refractivity contribution in [2.45, 2.75) is 43.8 Å². The number of carbonyl (C=O) groups is 1. The third-order valence-electron chi connectivity index (χ3n) is 4.74. The molecule has 1 atom stereocenters. The number of amides is 1. The fourth-order valence-corrected chi connectivity index (χ4v) is 4.11. The molecular formula is C17H26N2O3S. The van der Waals surface area contributed by atoms with Gasteiger partial charge in [0.1, 0.15) is 0 Å². The predicted molar refractivity (Wildman–Crippen MR) is 91.7 cm³/mol. The van der Waals surface area contributed by atoms with Gasteiger partial charge in [0.05, 0.1) is 5.25 Å². The fraction of sp³-hybridized carbons (Fsp3) is 0.588. The Kier molecular flexibility index (Phi) is 5.47. The summed E-state index contributed by atoms with van der Waals surface area (Å²) in [6.07, 6.45) is 1.70. The van der Waals surface area contributed by atoms with Gasteiger partial charge in [-0.25, -0.2) is 13.1 Å². The lowest BCUT2D eigenvalue weighted by atomic mass is 9.80. The van der Waals surface area contributed by atoms with Gasteiger partial charge in [-0.2, -0.15) is 0 Å². The molecule has 0 aliphatic carbocycles. The topological polar surface area (TPSA) is 66.5 Å². The summed E-state index contributed by atoms with van der Waals surface area (Å²) in [5.74, 6) is 0.0443. The van der Waals surface area contributed by atoms with Crippen LogP contribution in [-0.2, 0) is 20.2 Å². The van der Waals surface area contributed by atoms with E-state index in [0.29, 0.717) is 25.9 Å². The molecule has 1 fully saturated rings. The van der Waals surface area contributed by atoms with Crippen LogP contribution >= 0.6 is 0 Å². The van der Waals surface area contributed by atoms with Gasteiger partial charge >= 0.3 is 0 Å². The van der Waals surface area contributed by atoms with Crippen LogP contribution in [0.15, 0.2) is 30.3 Å². The van der Waals surface area contributed by atoms with Crippen molar-refractivity contribution in [1.82, 2.24) is 9.62 Å². The van der Waals surface area contributed by atoms with Gasteiger partial charge in [-0.1, -0.05) is 44.2 Å². The SMILES string of the molecule is CNS(=O)(=O)[C@H]1CCN(C(=O)CCC(C)(C)c2ccccc2)C1. The molecule has 1 amide bonds. The molecular weight excluding hydrogens is 312 g/mol. The Balaban J connectivity index is 1.91. The van der Waals surface area contributed by atoms with Gasteiger partial charge in [0.25, 0.3) is 0 Å². The molecule has 5 nitrogen and oxygen atoms in total. The smallest absolute Gasteiger partial charge is 0.222 e. The fourth-order valence-electron chi connectivity index (χ4n) is 2.99. The molecule has 2 rings (SSSR count). The molecule has 6 heteroatoms. The second kappa shape index (κ2) is 7.01. The Morgan fingerprint density at radius 3 is 2.57 bits per heavy atom. The van der Waals surface area contributed by atoms with Crippen LogP contribution in [0.2, 0.25) is 0 Å². The Labute approximate surface area is 139 Å². The summed E-state index contributed by atoms with van der Waals surface area (Å²) in [7, 11) is -1.88. The molecule has 1 aromatic carbocycles. The summed E-state index contributed by atoms with van der Waals surface area (Å²) < 4.78 is 26.0. The van der Waals surface area contributed by atoms with E-state index in [-0.39, 0.29) is 11.3 Å². The van der Waals surface area contributed by atoms with Gasteiger partial charge in [-0.3, -0.25) is 4.79 Å². The molecule has 0 aromatic heterocycles. The summed E-state index contributed by atoms with van der Waals surface area (Å²) in [5, 5.41) is -0.487. The van der Waals surface area contributed by atoms with Crippen molar-refractivity contribution in [3.8, 4) is 0 Å². The first-order valence-corrected chi connectivity index (χ1v) is 9.56. The van der Waals surface area contributed by atoms with Crippen LogP contribution in [0.4, 0.5) is 0 Å². The normalized spacial score (nSPS) is 19.1. The third kappa shape index (κ3) is 4.32. The maximum Gasteiger partial charge on any atom is 0.222 e. The summed E-state index contributed by atoms with van der Waals surface area (Å²) in [4.78, 5) is 14.1. The highest BCUT2D eigenvalue weighted by Crippen LogP contribution is 2.29. The Bertz CT molecular complexity index is 641. The van der Waals surface area contributed by atoms with E-state index in [2.05, 4.69) is 30.7 Å². The van der Waals surface area contributed by atoms with Crippen LogP contribution in [0.5, 0.6) is 0 Å². The predicted octanol–water partition coefficient (Wildman–Crippen LogP) is 1.89. The second-order valence-electron chi connectivity index (χ2n) is 6.75. The third-order valence-corrected chi connectivity index (χ3v) is 6.57. The average Bonchev–Trinajstić information content (AvgIpc) is 3.04. The van der Waals surface area contributed by atoms with E-state index in [0.717, 1.165) is 6.42 Å². The van der Waals surface area contributed by atoms with Gasteiger partial charge in [0.2, 0.25) is 15.9 Å². The lowest BCUT2D eigenvalue weighted by Crippen LogP contribution is -2.36. The zero-order valence-electron chi connectivity index (χ0n) is 14.1. The zero-order valence-corrected chi connectivity index (χ0v) is 14.9. The maximum atomic E-state index is 12.4. The van der Waals surface area contributed by atoms with Crippen molar-refractivity contribution < 1.29 is 13.2 Å². The van der Waals surface area contributed by atoms with Crippen LogP contribution in [0.25, 0.3) is 0 Å². The Hall–Kier alpha value is -1.40. The minimum absolute atomic E-state index is 0.0443. The van der Waals surface area contributed by atoms with Crippen molar-refractivity contribution >= 4 is 15.9 Å². The van der Waals surface area contributed by atoms with Gasteiger partial charge < -0.3 is 4.90 Å². The molecule has 0 radical (unpaired) electrons. The molecule has 1 N–H and O–H groups in total. The zero-order chi connectivity index (χ0) is 17.1. The van der Waals surface area contributed by atoms with Crippen molar-refractivity contribution in [2.24, 2.45) is 0 Å². The lowest BCUT2D eigenvalue weighted by Gasteiger charge is -2.26. The quantitative estimate of drug-likeness (QED) is 0.861. The number of carbonyl (C=O) groups excluding carboxylic acids is 1. The van der Waals surface area contributed by atoms with Gasteiger partial charge in [0.15, 0.2) is 0 Å². The molecule has 23 heavy (non-hydrogen) atoms. The number of hydrogen-bond donors (Lipinski definition) is 1. The largest absolute Gasteiger partial charge is 0.341 e. The van der Waals surface area contributed by atoms with Gasteiger partial charge in [-0.05, 0) is 30.9 Å². The van der Waals surface area contributed by atoms with Crippen LogP contribution in [-0.4, -0.2) is 44.6 Å². The first kappa shape index (κ1) is 17.9. The van der Waals surface area contributed by atoms with Crippen LogP contribution in [0, 0.1) is 0 Å². The summed E-state index contributed by atoms with van der Waals surface area (Å²) >= 11 is 0. The number of rotatable bonds is 6. The molecule has 0 unspecified atom stereocenters. The summed E-state index contributed by atoms with van der Waals surface area (Å²) in [6.45, 7) is 5.09. The maximum absolute atomic E-state index is 12.4. The van der Waals surface area contributed by atoms with E-state index >= 15 is 0 Å². The molecule has 1 aliphatic heterocycles. The molecule has 1 aliphatic rings. The first-order chi connectivity index (χ1) is 10.8. The molecule has 1 heterocycles. The Morgan fingerprint density at radius 2 is 1.96 bits per heavy atom. The standard InChI is InChI=1S/C17H26N2O3S/c1-17(2,14-7-5-4-6-8-14)11-9-16(20)19-12-10-15(13-19)23(21,22)18-3/h4-8,15,18H,9-13H2,1-3H3/t15-/m0/s1. The minimum atomic E-state index is -3.29. The molecule has 0 saturated carbocycles. The number of hydrogen-bond acceptors (Lipinski definition) is 3. The monoisotopic (exact) mass is 338 g/mol. The van der Waals surface area contributed by atoms with E-state index in [9.17, 15) is 13.2 Å². The Morgan fingerprint density at radius 1 is 1.30 bits per heavy atom. The number of sulfonamides is 1. The van der Waals surface area contributed by atoms with E-state index in [1.807, 2.05) is 18.2 Å². The highest BCUT2D eigenvalue weighted by molar-refractivity contribution is 7.90. The molecule has 128 valence electrons. The van der Waals surface area contributed by atoms with Gasteiger partial charge in [-0.15, -0.1) is 0 Å². The lowest BCUT2D eigenvalue weighted by molar-refractivity contribution is -0.130. The van der Waals surface area contributed by atoms with Crippen LogP contribution < -0.4 is 4.72 Å². The summed E-state index contributed by atoms with van der Waals surface area (Å²) in [6, 6.07) is 10.2. The summed E-state index contributed by atoms with van der Waals surface area (Å²) in [5.41, 5.74) is 1.14. The van der Waals surface area contributed by atoms with Crippen molar-refractivity contribution in [2.75, 3.05) is 20.1 Å². The highest BCUT2D eigenvalue weighted by atomic mass is 32.2. The minimum Gasteiger partial charge on any atom is -0.341 e. The average molecular weight is 338 g/mol. The van der Waals surface area contributed by atoms with Crippen LogP contribution in [0.1, 0.15) is 38.7 Å².